The van der Waals surface area contributed by atoms with Gasteiger partial charge in [0, 0.05) is 12.2 Å². The Morgan fingerprint density at radius 2 is 1.95 bits per heavy atom. The van der Waals surface area contributed by atoms with Crippen LogP contribution < -0.4 is 10.6 Å². The molecule has 0 fully saturated rings. The molecule has 3 rings (SSSR count). The third-order valence-corrected chi connectivity index (χ3v) is 3.49. The zero-order chi connectivity index (χ0) is 13.9. The fourth-order valence-corrected chi connectivity index (χ4v) is 2.44. The van der Waals surface area contributed by atoms with E-state index in [-0.39, 0.29) is 17.8 Å². The van der Waals surface area contributed by atoms with Gasteiger partial charge in [0.1, 0.15) is 5.82 Å². The van der Waals surface area contributed by atoms with Crippen LogP contribution in [0.3, 0.4) is 0 Å². The van der Waals surface area contributed by atoms with Gasteiger partial charge in [0.2, 0.25) is 5.91 Å². The van der Waals surface area contributed by atoms with Crippen LogP contribution in [0.2, 0.25) is 0 Å². The summed E-state index contributed by atoms with van der Waals surface area (Å²) in [6.45, 7) is 0.678. The molecule has 0 aromatic heterocycles. The predicted molar refractivity (Wildman–Crippen MR) is 75.8 cm³/mol. The molecule has 0 saturated carbocycles. The Bertz CT molecular complexity index is 642. The second-order valence-corrected chi connectivity index (χ2v) is 4.91. The normalized spacial score (nSPS) is 17.4. The van der Waals surface area contributed by atoms with Crippen molar-refractivity contribution >= 4 is 11.6 Å². The maximum Gasteiger partial charge on any atom is 0.241 e. The molecular weight excluding hydrogens is 255 g/mol. The molecule has 2 aromatic rings. The van der Waals surface area contributed by atoms with Gasteiger partial charge in [-0.05, 0) is 35.7 Å². The van der Waals surface area contributed by atoms with Crippen LogP contribution in [0.5, 0.6) is 0 Å². The summed E-state index contributed by atoms with van der Waals surface area (Å²) in [4.78, 5) is 12.2. The number of benzene rings is 2. The van der Waals surface area contributed by atoms with E-state index in [2.05, 4.69) is 16.7 Å². The lowest BCUT2D eigenvalue weighted by Crippen LogP contribution is -2.44. The number of hydrogen-bond donors (Lipinski definition) is 2. The fraction of sp³-hybridized carbons (Fsp3) is 0.188. The molecule has 0 saturated heterocycles. The first-order chi connectivity index (χ1) is 9.72. The molecule has 2 N–H and O–H groups in total. The molecule has 1 atom stereocenters. The van der Waals surface area contributed by atoms with Gasteiger partial charge in [-0.1, -0.05) is 30.3 Å². The number of nitrogens with one attached hydrogen (secondary N) is 2. The second kappa shape index (κ2) is 5.43. The van der Waals surface area contributed by atoms with E-state index in [1.807, 2.05) is 18.2 Å². The molecular formula is C16H15FN2O. The van der Waals surface area contributed by atoms with Crippen molar-refractivity contribution in [1.82, 2.24) is 5.32 Å². The Morgan fingerprint density at radius 3 is 2.75 bits per heavy atom. The summed E-state index contributed by atoms with van der Waals surface area (Å²) in [5, 5.41) is 5.95. The minimum absolute atomic E-state index is 0.134. The number of halogens is 1. The molecule has 1 amide bonds. The van der Waals surface area contributed by atoms with Gasteiger partial charge in [-0.2, -0.15) is 0 Å². The highest BCUT2D eigenvalue weighted by molar-refractivity contribution is 5.95. The molecule has 1 heterocycles. The van der Waals surface area contributed by atoms with Crippen molar-refractivity contribution in [3.05, 3.63) is 65.5 Å². The molecule has 3 nitrogen and oxygen atoms in total. The van der Waals surface area contributed by atoms with Gasteiger partial charge < -0.3 is 10.6 Å². The van der Waals surface area contributed by atoms with Crippen molar-refractivity contribution in [2.75, 3.05) is 5.32 Å². The van der Waals surface area contributed by atoms with E-state index in [1.54, 1.807) is 12.1 Å². The third kappa shape index (κ3) is 2.70. The lowest BCUT2D eigenvalue weighted by molar-refractivity contribution is -0.118. The van der Waals surface area contributed by atoms with Crippen molar-refractivity contribution in [3.63, 3.8) is 0 Å². The molecule has 0 aliphatic carbocycles. The summed E-state index contributed by atoms with van der Waals surface area (Å²) < 4.78 is 13.1. The Morgan fingerprint density at radius 1 is 1.15 bits per heavy atom. The quantitative estimate of drug-likeness (QED) is 0.880. The number of rotatable bonds is 2. The average Bonchev–Trinajstić information content (AvgIpc) is 2.47. The lowest BCUT2D eigenvalue weighted by Gasteiger charge is -2.25. The summed E-state index contributed by atoms with van der Waals surface area (Å²) in [5.41, 5.74) is 2.89. The highest BCUT2D eigenvalue weighted by Crippen LogP contribution is 2.17. The largest absolute Gasteiger partial charge is 0.325 e. The monoisotopic (exact) mass is 270 g/mol. The lowest BCUT2D eigenvalue weighted by atomic mass is 9.95. The van der Waals surface area contributed by atoms with Gasteiger partial charge in [-0.15, -0.1) is 0 Å². The first kappa shape index (κ1) is 12.8. The molecule has 2 aromatic carbocycles. The number of amides is 1. The predicted octanol–water partition coefficient (Wildman–Crippen LogP) is 2.48. The van der Waals surface area contributed by atoms with Crippen LogP contribution in [0.25, 0.3) is 0 Å². The summed E-state index contributed by atoms with van der Waals surface area (Å²) in [7, 11) is 0. The maximum atomic E-state index is 13.1. The van der Waals surface area contributed by atoms with E-state index in [0.29, 0.717) is 18.7 Å². The van der Waals surface area contributed by atoms with Crippen molar-refractivity contribution in [2.45, 2.75) is 19.0 Å². The minimum Gasteiger partial charge on any atom is -0.325 e. The van der Waals surface area contributed by atoms with E-state index in [1.165, 1.54) is 23.3 Å². The highest BCUT2D eigenvalue weighted by Gasteiger charge is 2.23. The van der Waals surface area contributed by atoms with Gasteiger partial charge in [0.25, 0.3) is 0 Å². The summed E-state index contributed by atoms with van der Waals surface area (Å²) >= 11 is 0. The Kier molecular flexibility index (Phi) is 3.48. The van der Waals surface area contributed by atoms with Crippen molar-refractivity contribution in [1.29, 1.82) is 0 Å². The molecule has 1 aliphatic heterocycles. The standard InChI is InChI=1S/C16H15FN2O/c17-13-6-3-7-14(9-13)19-16(20)15-8-11-4-1-2-5-12(11)10-18-15/h1-7,9,15,18H,8,10H2,(H,19,20). The number of anilines is 1. The maximum absolute atomic E-state index is 13.1. The van der Waals surface area contributed by atoms with Crippen LogP contribution in [0.15, 0.2) is 48.5 Å². The molecule has 0 radical (unpaired) electrons. The first-order valence-corrected chi connectivity index (χ1v) is 6.59. The number of fused-ring (bicyclic) bond motifs is 1. The molecule has 0 bridgehead atoms. The number of carbonyl (C=O) groups excluding carboxylic acids is 1. The molecule has 102 valence electrons. The van der Waals surface area contributed by atoms with Crippen LogP contribution >= 0.6 is 0 Å². The first-order valence-electron chi connectivity index (χ1n) is 6.59. The van der Waals surface area contributed by atoms with Crippen LogP contribution in [0.1, 0.15) is 11.1 Å². The fourth-order valence-electron chi connectivity index (χ4n) is 2.44. The number of carbonyl (C=O) groups is 1. The third-order valence-electron chi connectivity index (χ3n) is 3.49. The zero-order valence-corrected chi connectivity index (χ0v) is 10.9. The minimum atomic E-state index is -0.357. The van der Waals surface area contributed by atoms with Crippen LogP contribution in [-0.2, 0) is 17.8 Å². The van der Waals surface area contributed by atoms with Gasteiger partial charge in [-0.25, -0.2) is 4.39 Å². The summed E-state index contributed by atoms with van der Waals surface area (Å²) in [5.74, 6) is -0.491. The van der Waals surface area contributed by atoms with Crippen LogP contribution in [0.4, 0.5) is 10.1 Å². The Hall–Kier alpha value is -2.20. The topological polar surface area (TPSA) is 41.1 Å². The summed E-state index contributed by atoms with van der Waals surface area (Å²) in [6, 6.07) is 13.7. The SMILES string of the molecule is O=C(Nc1cccc(F)c1)C1Cc2ccccc2CN1. The molecule has 1 aliphatic rings. The van der Waals surface area contributed by atoms with E-state index in [9.17, 15) is 9.18 Å². The van der Waals surface area contributed by atoms with Crippen molar-refractivity contribution in [2.24, 2.45) is 0 Å². The molecule has 20 heavy (non-hydrogen) atoms. The van der Waals surface area contributed by atoms with Crippen molar-refractivity contribution in [3.8, 4) is 0 Å². The van der Waals surface area contributed by atoms with E-state index >= 15 is 0 Å². The van der Waals surface area contributed by atoms with E-state index in [0.717, 1.165) is 0 Å². The summed E-state index contributed by atoms with van der Waals surface area (Å²) in [6.07, 6.45) is 0.650. The highest BCUT2D eigenvalue weighted by atomic mass is 19.1. The van der Waals surface area contributed by atoms with E-state index in [4.69, 9.17) is 0 Å². The Labute approximate surface area is 116 Å². The second-order valence-electron chi connectivity index (χ2n) is 4.91. The van der Waals surface area contributed by atoms with Gasteiger partial charge in [0.15, 0.2) is 0 Å². The van der Waals surface area contributed by atoms with Gasteiger partial charge in [0.05, 0.1) is 6.04 Å². The Balaban J connectivity index is 1.70. The van der Waals surface area contributed by atoms with Gasteiger partial charge >= 0.3 is 0 Å². The van der Waals surface area contributed by atoms with E-state index < -0.39 is 0 Å². The molecule has 1 unspecified atom stereocenters. The smallest absolute Gasteiger partial charge is 0.241 e. The number of hydrogen-bond acceptors (Lipinski definition) is 2. The average molecular weight is 270 g/mol. The van der Waals surface area contributed by atoms with Gasteiger partial charge in [-0.3, -0.25) is 4.79 Å². The van der Waals surface area contributed by atoms with Crippen LogP contribution in [-0.4, -0.2) is 11.9 Å². The zero-order valence-electron chi connectivity index (χ0n) is 10.9. The molecule has 0 spiro atoms. The molecule has 4 heteroatoms. The van der Waals surface area contributed by atoms with Crippen LogP contribution in [0, 0.1) is 5.82 Å². The van der Waals surface area contributed by atoms with Crippen molar-refractivity contribution < 1.29 is 9.18 Å².